The molecule has 0 aliphatic heterocycles. The van der Waals surface area contributed by atoms with Crippen molar-refractivity contribution in [3.05, 3.63) is 152 Å². The Bertz CT molecular complexity index is 2670. The fourth-order valence-electron chi connectivity index (χ4n) is 7.18. The molecule has 47 heavy (non-hydrogen) atoms. The molecule has 2 heterocycles. The number of hydrogen-bond donors (Lipinski definition) is 0. The summed E-state index contributed by atoms with van der Waals surface area (Å²) < 4.78 is 6.20. The number of para-hydroxylation sites is 1. The second kappa shape index (κ2) is 10.1. The fraction of sp³-hybridized carbons (Fsp3) is 0. The van der Waals surface area contributed by atoms with Gasteiger partial charge in [-0.25, -0.2) is 15.0 Å². The Hall–Kier alpha value is -6.39. The van der Waals surface area contributed by atoms with Gasteiger partial charge in [0.05, 0.1) is 0 Å². The van der Waals surface area contributed by atoms with Crippen molar-refractivity contribution in [1.29, 1.82) is 0 Å². The van der Waals surface area contributed by atoms with Gasteiger partial charge >= 0.3 is 0 Å². The van der Waals surface area contributed by atoms with Crippen LogP contribution in [0.15, 0.2) is 156 Å². The number of nitrogens with zero attached hydrogens (tertiary/aromatic N) is 3. The van der Waals surface area contributed by atoms with Crippen molar-refractivity contribution < 1.29 is 4.42 Å². The molecule has 218 valence electrons. The summed E-state index contributed by atoms with van der Waals surface area (Å²) in [5.41, 5.74) is 12.0. The van der Waals surface area contributed by atoms with Gasteiger partial charge in [0.15, 0.2) is 17.5 Å². The van der Waals surface area contributed by atoms with Gasteiger partial charge < -0.3 is 4.42 Å². The second-order valence-corrected chi connectivity index (χ2v) is 12.0. The summed E-state index contributed by atoms with van der Waals surface area (Å²) in [5, 5.41) is 4.65. The SMILES string of the molecule is c1ccc(-c2nc(-c3ccc(-c4cccc5c4-c4cccc6cccc-5c46)cc3)nc(-c3cccc4oc5ccccc5c34)n2)cc1. The van der Waals surface area contributed by atoms with E-state index in [0.29, 0.717) is 17.5 Å². The van der Waals surface area contributed by atoms with E-state index in [-0.39, 0.29) is 0 Å². The highest BCUT2D eigenvalue weighted by Gasteiger charge is 2.24. The zero-order chi connectivity index (χ0) is 30.9. The predicted octanol–water partition coefficient (Wildman–Crippen LogP) is 11.2. The fourth-order valence-corrected chi connectivity index (χ4v) is 7.18. The molecule has 0 N–H and O–H groups in total. The second-order valence-electron chi connectivity index (χ2n) is 12.0. The number of rotatable bonds is 4. The summed E-state index contributed by atoms with van der Waals surface area (Å²) >= 11 is 0. The summed E-state index contributed by atoms with van der Waals surface area (Å²) in [6.07, 6.45) is 0. The van der Waals surface area contributed by atoms with Gasteiger partial charge in [0.2, 0.25) is 0 Å². The van der Waals surface area contributed by atoms with Crippen molar-refractivity contribution >= 4 is 32.7 Å². The summed E-state index contributed by atoms with van der Waals surface area (Å²) in [6.45, 7) is 0. The lowest BCUT2D eigenvalue weighted by atomic mass is 9.93. The smallest absolute Gasteiger partial charge is 0.164 e. The van der Waals surface area contributed by atoms with Gasteiger partial charge in [0, 0.05) is 27.5 Å². The first-order chi connectivity index (χ1) is 23.3. The van der Waals surface area contributed by atoms with Crippen molar-refractivity contribution in [2.45, 2.75) is 0 Å². The Morgan fingerprint density at radius 2 is 0.915 bits per heavy atom. The first kappa shape index (κ1) is 25.9. The molecular formula is C43H25N3O. The standard InChI is InChI=1S/C43H25N3O/c1-2-10-28(11-3-1)41-44-42(46-43(45-41)35-19-9-21-37-40(35)33-14-4-5-20-36(33)47-37)29-24-22-26(23-25-29)30-15-8-17-32-31-16-6-12-27-13-7-18-34(38(27)31)39(30)32/h1-25H. The van der Waals surface area contributed by atoms with E-state index in [9.17, 15) is 0 Å². The number of fused-ring (bicyclic) bond motifs is 6. The van der Waals surface area contributed by atoms with Gasteiger partial charge in [0.1, 0.15) is 11.2 Å². The Labute approximate surface area is 270 Å². The molecule has 0 fully saturated rings. The van der Waals surface area contributed by atoms with Crippen LogP contribution in [-0.2, 0) is 0 Å². The van der Waals surface area contributed by atoms with Crippen molar-refractivity contribution in [2.24, 2.45) is 0 Å². The molecule has 0 saturated heterocycles. The maximum atomic E-state index is 6.20. The molecule has 0 bridgehead atoms. The molecule has 1 aliphatic rings. The first-order valence-corrected chi connectivity index (χ1v) is 15.8. The lowest BCUT2D eigenvalue weighted by molar-refractivity contribution is 0.669. The van der Waals surface area contributed by atoms with Crippen molar-refractivity contribution in [2.75, 3.05) is 0 Å². The Kier molecular flexibility index (Phi) is 5.54. The maximum Gasteiger partial charge on any atom is 0.164 e. The highest BCUT2D eigenvalue weighted by atomic mass is 16.3. The Balaban J connectivity index is 1.12. The minimum Gasteiger partial charge on any atom is -0.456 e. The summed E-state index contributed by atoms with van der Waals surface area (Å²) in [7, 11) is 0. The van der Waals surface area contributed by atoms with Crippen LogP contribution in [0.4, 0.5) is 0 Å². The van der Waals surface area contributed by atoms with Gasteiger partial charge in [-0.2, -0.15) is 0 Å². The molecule has 0 saturated carbocycles. The Morgan fingerprint density at radius 1 is 0.340 bits per heavy atom. The largest absolute Gasteiger partial charge is 0.456 e. The number of benzene rings is 7. The van der Waals surface area contributed by atoms with Gasteiger partial charge in [-0.1, -0.05) is 140 Å². The van der Waals surface area contributed by atoms with Crippen molar-refractivity contribution in [3.8, 4) is 67.5 Å². The van der Waals surface area contributed by atoms with Crippen LogP contribution in [0.2, 0.25) is 0 Å². The number of aromatic nitrogens is 3. The molecule has 4 nitrogen and oxygen atoms in total. The summed E-state index contributed by atoms with van der Waals surface area (Å²) in [6, 6.07) is 52.7. The third-order valence-electron chi connectivity index (χ3n) is 9.29. The maximum absolute atomic E-state index is 6.20. The van der Waals surface area contributed by atoms with Crippen molar-refractivity contribution in [1.82, 2.24) is 15.0 Å². The van der Waals surface area contributed by atoms with Gasteiger partial charge in [-0.05, 0) is 56.3 Å². The lowest BCUT2D eigenvalue weighted by Crippen LogP contribution is -2.00. The molecule has 0 spiro atoms. The van der Waals surface area contributed by atoms with Crippen LogP contribution in [0.25, 0.3) is 100 Å². The van der Waals surface area contributed by atoms with E-state index in [1.807, 2.05) is 60.7 Å². The van der Waals surface area contributed by atoms with E-state index in [4.69, 9.17) is 19.4 Å². The lowest BCUT2D eigenvalue weighted by Gasteiger charge is -2.12. The van der Waals surface area contributed by atoms with Gasteiger partial charge in [-0.15, -0.1) is 0 Å². The average molecular weight is 600 g/mol. The van der Waals surface area contributed by atoms with Crippen LogP contribution in [0.1, 0.15) is 0 Å². The topological polar surface area (TPSA) is 51.8 Å². The van der Waals surface area contributed by atoms with E-state index in [2.05, 4.69) is 91.0 Å². The molecule has 0 amide bonds. The molecule has 1 aliphatic carbocycles. The minimum absolute atomic E-state index is 0.613. The summed E-state index contributed by atoms with van der Waals surface area (Å²) in [5.74, 6) is 1.87. The van der Waals surface area contributed by atoms with E-state index in [1.165, 1.54) is 38.6 Å². The third-order valence-corrected chi connectivity index (χ3v) is 9.29. The molecule has 10 rings (SSSR count). The predicted molar refractivity (Wildman–Crippen MR) is 191 cm³/mol. The first-order valence-electron chi connectivity index (χ1n) is 15.8. The highest BCUT2D eigenvalue weighted by Crippen LogP contribution is 2.51. The van der Waals surface area contributed by atoms with E-state index in [1.54, 1.807) is 0 Å². The summed E-state index contributed by atoms with van der Waals surface area (Å²) in [4.78, 5) is 15.1. The third kappa shape index (κ3) is 3.98. The van der Waals surface area contributed by atoms with E-state index >= 15 is 0 Å². The normalized spacial score (nSPS) is 11.8. The monoisotopic (exact) mass is 599 g/mol. The van der Waals surface area contributed by atoms with Crippen LogP contribution in [0, 0.1) is 0 Å². The molecule has 0 unspecified atom stereocenters. The molecule has 0 atom stereocenters. The van der Waals surface area contributed by atoms with E-state index < -0.39 is 0 Å². The van der Waals surface area contributed by atoms with Crippen LogP contribution >= 0.6 is 0 Å². The van der Waals surface area contributed by atoms with Crippen molar-refractivity contribution in [3.63, 3.8) is 0 Å². The highest BCUT2D eigenvalue weighted by molar-refractivity contribution is 6.18. The quantitative estimate of drug-likeness (QED) is 0.202. The van der Waals surface area contributed by atoms with Gasteiger partial charge in [-0.3, -0.25) is 0 Å². The van der Waals surface area contributed by atoms with Crippen LogP contribution in [0.3, 0.4) is 0 Å². The number of hydrogen-bond acceptors (Lipinski definition) is 4. The minimum atomic E-state index is 0.613. The zero-order valence-corrected chi connectivity index (χ0v) is 25.2. The molecule has 2 aromatic heterocycles. The molecular weight excluding hydrogens is 574 g/mol. The van der Waals surface area contributed by atoms with Gasteiger partial charge in [0.25, 0.3) is 0 Å². The molecule has 7 aromatic carbocycles. The zero-order valence-electron chi connectivity index (χ0n) is 25.2. The van der Waals surface area contributed by atoms with Crippen LogP contribution < -0.4 is 0 Å². The Morgan fingerprint density at radius 3 is 1.74 bits per heavy atom. The molecule has 4 heteroatoms. The number of furan rings is 1. The molecule has 9 aromatic rings. The van der Waals surface area contributed by atoms with Crippen LogP contribution in [-0.4, -0.2) is 15.0 Å². The van der Waals surface area contributed by atoms with E-state index in [0.717, 1.165) is 44.2 Å². The molecule has 0 radical (unpaired) electrons. The average Bonchev–Trinajstić information content (AvgIpc) is 3.69. The van der Waals surface area contributed by atoms with Crippen LogP contribution in [0.5, 0.6) is 0 Å².